The Kier molecular flexibility index (Phi) is 5.19. The molecule has 0 bridgehead atoms. The summed E-state index contributed by atoms with van der Waals surface area (Å²) in [5.74, 6) is 0.736. The SMILES string of the molecule is CCn1c(SCC(=O)OC)nnc1-c1ccccc1Br. The van der Waals surface area contributed by atoms with E-state index in [1.165, 1.54) is 18.9 Å². The Balaban J connectivity index is 2.30. The van der Waals surface area contributed by atoms with E-state index in [4.69, 9.17) is 0 Å². The summed E-state index contributed by atoms with van der Waals surface area (Å²) in [5.41, 5.74) is 0.978. The van der Waals surface area contributed by atoms with Gasteiger partial charge in [0.2, 0.25) is 0 Å². The summed E-state index contributed by atoms with van der Waals surface area (Å²) in [5, 5.41) is 9.10. The molecule has 0 aliphatic heterocycles. The van der Waals surface area contributed by atoms with Crippen LogP contribution in [0, 0.1) is 0 Å². The lowest BCUT2D eigenvalue weighted by molar-refractivity contribution is -0.137. The van der Waals surface area contributed by atoms with Crippen LogP contribution in [0.2, 0.25) is 0 Å². The number of thioether (sulfide) groups is 1. The van der Waals surface area contributed by atoms with Crippen molar-refractivity contribution in [3.05, 3.63) is 28.7 Å². The van der Waals surface area contributed by atoms with Crippen molar-refractivity contribution in [2.75, 3.05) is 12.9 Å². The van der Waals surface area contributed by atoms with Gasteiger partial charge in [0.1, 0.15) is 0 Å². The number of methoxy groups -OCH3 is 1. The molecule has 0 amide bonds. The fourth-order valence-electron chi connectivity index (χ4n) is 1.70. The molecule has 0 saturated heterocycles. The van der Waals surface area contributed by atoms with E-state index in [0.717, 1.165) is 22.4 Å². The van der Waals surface area contributed by atoms with Crippen LogP contribution in [0.5, 0.6) is 0 Å². The number of aromatic nitrogens is 3. The standard InChI is InChI=1S/C13H14BrN3O2S/c1-3-17-12(9-6-4-5-7-10(9)14)15-16-13(17)20-8-11(18)19-2/h4-7H,3,8H2,1-2H3. The molecule has 0 atom stereocenters. The van der Waals surface area contributed by atoms with Gasteiger partial charge in [-0.2, -0.15) is 0 Å². The molecular weight excluding hydrogens is 342 g/mol. The van der Waals surface area contributed by atoms with Gasteiger partial charge in [0.25, 0.3) is 0 Å². The number of hydrogen-bond donors (Lipinski definition) is 0. The monoisotopic (exact) mass is 355 g/mol. The van der Waals surface area contributed by atoms with Gasteiger partial charge in [0.15, 0.2) is 11.0 Å². The molecule has 2 aromatic rings. The minimum atomic E-state index is -0.275. The molecule has 0 fully saturated rings. The van der Waals surface area contributed by atoms with Crippen LogP contribution in [0.4, 0.5) is 0 Å². The molecule has 1 aromatic carbocycles. The van der Waals surface area contributed by atoms with Gasteiger partial charge in [-0.15, -0.1) is 10.2 Å². The topological polar surface area (TPSA) is 57.0 Å². The number of hydrogen-bond acceptors (Lipinski definition) is 5. The highest BCUT2D eigenvalue weighted by Crippen LogP contribution is 2.29. The summed E-state index contributed by atoms with van der Waals surface area (Å²) >= 11 is 4.84. The lowest BCUT2D eigenvalue weighted by Gasteiger charge is -2.08. The van der Waals surface area contributed by atoms with Crippen LogP contribution >= 0.6 is 27.7 Å². The zero-order chi connectivity index (χ0) is 14.5. The third-order valence-corrected chi connectivity index (χ3v) is 4.33. The predicted molar refractivity (Wildman–Crippen MR) is 81.6 cm³/mol. The molecule has 0 aliphatic carbocycles. The van der Waals surface area contributed by atoms with E-state index in [1.54, 1.807) is 0 Å². The molecule has 1 aromatic heterocycles. The largest absolute Gasteiger partial charge is 0.468 e. The number of halogens is 1. The molecule has 106 valence electrons. The molecule has 1 heterocycles. The van der Waals surface area contributed by atoms with Crippen molar-refractivity contribution < 1.29 is 9.53 Å². The summed E-state index contributed by atoms with van der Waals surface area (Å²) in [6.07, 6.45) is 0. The smallest absolute Gasteiger partial charge is 0.316 e. The maximum atomic E-state index is 11.2. The summed E-state index contributed by atoms with van der Waals surface area (Å²) in [6, 6.07) is 7.85. The quantitative estimate of drug-likeness (QED) is 0.609. The Morgan fingerprint density at radius 1 is 1.40 bits per heavy atom. The van der Waals surface area contributed by atoms with Crippen LogP contribution < -0.4 is 0 Å². The number of carbonyl (C=O) groups excluding carboxylic acids is 1. The van der Waals surface area contributed by atoms with Gasteiger partial charge in [-0.25, -0.2) is 0 Å². The van der Waals surface area contributed by atoms with Gasteiger partial charge < -0.3 is 9.30 Å². The highest BCUT2D eigenvalue weighted by atomic mass is 79.9. The first-order chi connectivity index (χ1) is 9.67. The van der Waals surface area contributed by atoms with Crippen LogP contribution in [0.15, 0.2) is 33.9 Å². The van der Waals surface area contributed by atoms with E-state index in [2.05, 4.69) is 30.9 Å². The highest BCUT2D eigenvalue weighted by molar-refractivity contribution is 9.10. The molecule has 20 heavy (non-hydrogen) atoms. The normalized spacial score (nSPS) is 10.6. The molecule has 0 saturated carbocycles. The summed E-state index contributed by atoms with van der Waals surface area (Å²) in [7, 11) is 1.37. The van der Waals surface area contributed by atoms with E-state index >= 15 is 0 Å². The van der Waals surface area contributed by atoms with Crippen molar-refractivity contribution in [2.24, 2.45) is 0 Å². The first-order valence-electron chi connectivity index (χ1n) is 6.05. The van der Waals surface area contributed by atoms with Crippen LogP contribution in [-0.2, 0) is 16.1 Å². The van der Waals surface area contributed by atoms with Crippen molar-refractivity contribution in [3.63, 3.8) is 0 Å². The van der Waals surface area contributed by atoms with Gasteiger partial charge in [0, 0.05) is 16.6 Å². The fourth-order valence-corrected chi connectivity index (χ4v) is 3.00. The minimum absolute atomic E-state index is 0.227. The lowest BCUT2D eigenvalue weighted by Crippen LogP contribution is -2.05. The third kappa shape index (κ3) is 3.21. The number of carbonyl (C=O) groups is 1. The van der Waals surface area contributed by atoms with E-state index in [0.29, 0.717) is 5.16 Å². The molecule has 5 nitrogen and oxygen atoms in total. The molecule has 0 aliphatic rings. The lowest BCUT2D eigenvalue weighted by atomic mass is 10.2. The van der Waals surface area contributed by atoms with Crippen molar-refractivity contribution in [2.45, 2.75) is 18.6 Å². The second-order valence-corrected chi connectivity index (χ2v) is 5.69. The molecular formula is C13H14BrN3O2S. The van der Waals surface area contributed by atoms with Crippen LogP contribution in [0.3, 0.4) is 0 Å². The summed E-state index contributed by atoms with van der Waals surface area (Å²) in [4.78, 5) is 11.2. The maximum Gasteiger partial charge on any atom is 0.316 e. The van der Waals surface area contributed by atoms with Crippen molar-refractivity contribution in [3.8, 4) is 11.4 Å². The Morgan fingerprint density at radius 3 is 2.80 bits per heavy atom. The average Bonchev–Trinajstić information content (AvgIpc) is 2.87. The van der Waals surface area contributed by atoms with Crippen molar-refractivity contribution >= 4 is 33.7 Å². The van der Waals surface area contributed by atoms with Gasteiger partial charge in [0.05, 0.1) is 12.9 Å². The minimum Gasteiger partial charge on any atom is -0.468 e. The van der Waals surface area contributed by atoms with Gasteiger partial charge in [-0.05, 0) is 13.0 Å². The third-order valence-electron chi connectivity index (χ3n) is 2.69. The van der Waals surface area contributed by atoms with E-state index in [9.17, 15) is 4.79 Å². The first-order valence-corrected chi connectivity index (χ1v) is 7.83. The number of benzene rings is 1. The van der Waals surface area contributed by atoms with E-state index < -0.39 is 0 Å². The Labute approximate surface area is 129 Å². The van der Waals surface area contributed by atoms with Crippen LogP contribution in [0.25, 0.3) is 11.4 Å². The predicted octanol–water partition coefficient (Wildman–Crippen LogP) is 2.99. The van der Waals surface area contributed by atoms with Crippen molar-refractivity contribution in [1.29, 1.82) is 0 Å². The molecule has 0 unspecified atom stereocenters. The van der Waals surface area contributed by atoms with Crippen LogP contribution in [0.1, 0.15) is 6.92 Å². The number of ether oxygens (including phenoxy) is 1. The van der Waals surface area contributed by atoms with Gasteiger partial charge in [-0.3, -0.25) is 4.79 Å². The average molecular weight is 356 g/mol. The first kappa shape index (κ1) is 15.1. The molecule has 2 rings (SSSR count). The van der Waals surface area contributed by atoms with Gasteiger partial charge in [-0.1, -0.05) is 45.9 Å². The highest BCUT2D eigenvalue weighted by Gasteiger charge is 2.16. The van der Waals surface area contributed by atoms with Crippen molar-refractivity contribution in [1.82, 2.24) is 14.8 Å². The zero-order valence-electron chi connectivity index (χ0n) is 11.2. The maximum absolute atomic E-state index is 11.2. The molecule has 0 spiro atoms. The molecule has 0 N–H and O–H groups in total. The molecule has 0 radical (unpaired) electrons. The Bertz CT molecular complexity index is 615. The second kappa shape index (κ2) is 6.90. The number of rotatable bonds is 5. The van der Waals surface area contributed by atoms with E-state index in [1.807, 2.05) is 35.8 Å². The Morgan fingerprint density at radius 2 is 2.15 bits per heavy atom. The second-order valence-electron chi connectivity index (χ2n) is 3.90. The van der Waals surface area contributed by atoms with Gasteiger partial charge >= 0.3 is 5.97 Å². The Hall–Kier alpha value is -1.34. The zero-order valence-corrected chi connectivity index (χ0v) is 13.6. The fraction of sp³-hybridized carbons (Fsp3) is 0.308. The number of esters is 1. The van der Waals surface area contributed by atoms with Crippen LogP contribution in [-0.4, -0.2) is 33.6 Å². The number of nitrogens with zero attached hydrogens (tertiary/aromatic N) is 3. The summed E-state index contributed by atoms with van der Waals surface area (Å²) < 4.78 is 7.58. The summed E-state index contributed by atoms with van der Waals surface area (Å²) in [6.45, 7) is 2.75. The molecule has 7 heteroatoms. The van der Waals surface area contributed by atoms with E-state index in [-0.39, 0.29) is 11.7 Å².